The van der Waals surface area contributed by atoms with Gasteiger partial charge in [0, 0.05) is 6.07 Å². The first-order valence-corrected chi connectivity index (χ1v) is 7.57. The van der Waals surface area contributed by atoms with Gasteiger partial charge in [0.15, 0.2) is 11.5 Å². The zero-order valence-electron chi connectivity index (χ0n) is 12.8. The van der Waals surface area contributed by atoms with E-state index < -0.39 is 5.97 Å². The Morgan fingerprint density at radius 2 is 1.50 bits per heavy atom. The summed E-state index contributed by atoms with van der Waals surface area (Å²) in [4.78, 5) is 12.3. The summed E-state index contributed by atoms with van der Waals surface area (Å²) in [5.74, 6) is 1.26. The standard InChI is InChI=1S/C20H14O4/c21-20(24-17-10-11-18-19(12-17)23-13-22-18)16-8-6-15(7-9-16)14-4-2-1-3-5-14/h1-12H,13H2. The van der Waals surface area contributed by atoms with Crippen molar-refractivity contribution < 1.29 is 19.0 Å². The minimum Gasteiger partial charge on any atom is -0.454 e. The second-order valence-electron chi connectivity index (χ2n) is 5.35. The van der Waals surface area contributed by atoms with Crippen LogP contribution < -0.4 is 14.2 Å². The van der Waals surface area contributed by atoms with Gasteiger partial charge in [-0.3, -0.25) is 0 Å². The SMILES string of the molecule is O=C(Oc1ccc2c(c1)OCO2)c1ccc(-c2ccccc2)cc1. The number of ether oxygens (including phenoxy) is 3. The highest BCUT2D eigenvalue weighted by Gasteiger charge is 2.16. The molecule has 0 saturated carbocycles. The molecule has 1 heterocycles. The molecule has 3 aromatic rings. The highest BCUT2D eigenvalue weighted by atomic mass is 16.7. The third-order valence-electron chi connectivity index (χ3n) is 3.78. The van der Waals surface area contributed by atoms with Gasteiger partial charge >= 0.3 is 5.97 Å². The molecule has 3 aromatic carbocycles. The molecule has 0 radical (unpaired) electrons. The number of carbonyl (C=O) groups is 1. The number of esters is 1. The first-order chi connectivity index (χ1) is 11.8. The molecule has 0 amide bonds. The van der Waals surface area contributed by atoms with Crippen molar-refractivity contribution in [2.75, 3.05) is 6.79 Å². The van der Waals surface area contributed by atoms with Crippen LogP contribution in [0.5, 0.6) is 17.2 Å². The molecule has 0 unspecified atom stereocenters. The van der Waals surface area contributed by atoms with Gasteiger partial charge in [0.25, 0.3) is 0 Å². The minimum absolute atomic E-state index is 0.188. The zero-order chi connectivity index (χ0) is 16.4. The van der Waals surface area contributed by atoms with Gasteiger partial charge in [-0.1, -0.05) is 42.5 Å². The van der Waals surface area contributed by atoms with Crippen molar-refractivity contribution in [1.82, 2.24) is 0 Å². The van der Waals surface area contributed by atoms with Crippen LogP contribution in [0.4, 0.5) is 0 Å². The van der Waals surface area contributed by atoms with Gasteiger partial charge in [-0.15, -0.1) is 0 Å². The van der Waals surface area contributed by atoms with E-state index in [2.05, 4.69) is 0 Å². The van der Waals surface area contributed by atoms with Crippen LogP contribution in [-0.4, -0.2) is 12.8 Å². The van der Waals surface area contributed by atoms with Gasteiger partial charge in [-0.05, 0) is 35.4 Å². The number of benzene rings is 3. The molecular formula is C20H14O4. The number of hydrogen-bond donors (Lipinski definition) is 0. The molecule has 1 aliphatic rings. The van der Waals surface area contributed by atoms with Gasteiger partial charge in [-0.2, -0.15) is 0 Å². The fourth-order valence-electron chi connectivity index (χ4n) is 2.54. The van der Waals surface area contributed by atoms with E-state index in [1.54, 1.807) is 30.3 Å². The predicted octanol–water partition coefficient (Wildman–Crippen LogP) is 4.30. The Kier molecular flexibility index (Phi) is 3.63. The lowest BCUT2D eigenvalue weighted by molar-refractivity contribution is 0.0734. The molecular weight excluding hydrogens is 304 g/mol. The summed E-state index contributed by atoms with van der Waals surface area (Å²) in [5, 5.41) is 0. The summed E-state index contributed by atoms with van der Waals surface area (Å²) in [6.07, 6.45) is 0. The van der Waals surface area contributed by atoms with Crippen molar-refractivity contribution in [3.8, 4) is 28.4 Å². The van der Waals surface area contributed by atoms with Crippen molar-refractivity contribution in [2.45, 2.75) is 0 Å². The molecule has 4 rings (SSSR count). The van der Waals surface area contributed by atoms with E-state index in [0.29, 0.717) is 22.8 Å². The summed E-state index contributed by atoms with van der Waals surface area (Å²) in [5.41, 5.74) is 2.65. The van der Waals surface area contributed by atoms with Crippen LogP contribution in [0.3, 0.4) is 0 Å². The number of fused-ring (bicyclic) bond motifs is 1. The lowest BCUT2D eigenvalue weighted by Gasteiger charge is -2.06. The lowest BCUT2D eigenvalue weighted by Crippen LogP contribution is -2.08. The summed E-state index contributed by atoms with van der Waals surface area (Å²) >= 11 is 0. The van der Waals surface area contributed by atoms with Crippen molar-refractivity contribution in [3.63, 3.8) is 0 Å². The average Bonchev–Trinajstić information content (AvgIpc) is 3.10. The molecule has 0 atom stereocenters. The van der Waals surface area contributed by atoms with Crippen molar-refractivity contribution in [1.29, 1.82) is 0 Å². The van der Waals surface area contributed by atoms with Crippen molar-refractivity contribution in [3.05, 3.63) is 78.4 Å². The fraction of sp³-hybridized carbons (Fsp3) is 0.0500. The zero-order valence-corrected chi connectivity index (χ0v) is 12.8. The van der Waals surface area contributed by atoms with Crippen LogP contribution in [0.2, 0.25) is 0 Å². The maximum absolute atomic E-state index is 12.3. The molecule has 0 saturated heterocycles. The fourth-order valence-corrected chi connectivity index (χ4v) is 2.54. The molecule has 0 bridgehead atoms. The van der Waals surface area contributed by atoms with Gasteiger partial charge in [0.2, 0.25) is 6.79 Å². The van der Waals surface area contributed by atoms with Crippen LogP contribution in [0, 0.1) is 0 Å². The molecule has 0 fully saturated rings. The second kappa shape index (κ2) is 6.08. The van der Waals surface area contributed by atoms with Gasteiger partial charge in [0.05, 0.1) is 5.56 Å². The second-order valence-corrected chi connectivity index (χ2v) is 5.35. The molecule has 0 N–H and O–H groups in total. The van der Waals surface area contributed by atoms with Gasteiger partial charge in [0.1, 0.15) is 5.75 Å². The number of hydrogen-bond acceptors (Lipinski definition) is 4. The van der Waals surface area contributed by atoms with Crippen LogP contribution >= 0.6 is 0 Å². The first-order valence-electron chi connectivity index (χ1n) is 7.57. The van der Waals surface area contributed by atoms with Gasteiger partial charge < -0.3 is 14.2 Å². The van der Waals surface area contributed by atoms with Crippen LogP contribution in [0.15, 0.2) is 72.8 Å². The van der Waals surface area contributed by atoms with Crippen LogP contribution in [0.25, 0.3) is 11.1 Å². The Bertz CT molecular complexity index is 870. The third-order valence-corrected chi connectivity index (χ3v) is 3.78. The maximum Gasteiger partial charge on any atom is 0.343 e. The monoisotopic (exact) mass is 318 g/mol. The summed E-state index contributed by atoms with van der Waals surface area (Å²) in [7, 11) is 0. The highest BCUT2D eigenvalue weighted by molar-refractivity contribution is 5.91. The average molecular weight is 318 g/mol. The Labute approximate surface area is 139 Å². The van der Waals surface area contributed by atoms with Gasteiger partial charge in [-0.25, -0.2) is 4.79 Å². The van der Waals surface area contributed by atoms with E-state index >= 15 is 0 Å². The molecule has 4 heteroatoms. The largest absolute Gasteiger partial charge is 0.454 e. The van der Waals surface area contributed by atoms with E-state index in [9.17, 15) is 4.79 Å². The number of rotatable bonds is 3. The van der Waals surface area contributed by atoms with Crippen molar-refractivity contribution in [2.24, 2.45) is 0 Å². The lowest BCUT2D eigenvalue weighted by atomic mass is 10.0. The predicted molar refractivity (Wildman–Crippen MR) is 89.4 cm³/mol. The molecule has 0 aliphatic carbocycles. The molecule has 118 valence electrons. The molecule has 0 aromatic heterocycles. The highest BCUT2D eigenvalue weighted by Crippen LogP contribution is 2.35. The Morgan fingerprint density at radius 1 is 0.792 bits per heavy atom. The van der Waals surface area contributed by atoms with Crippen LogP contribution in [0.1, 0.15) is 10.4 Å². The maximum atomic E-state index is 12.3. The third kappa shape index (κ3) is 2.82. The molecule has 4 nitrogen and oxygen atoms in total. The number of carbonyl (C=O) groups excluding carboxylic acids is 1. The van der Waals surface area contributed by atoms with E-state index in [0.717, 1.165) is 11.1 Å². The topological polar surface area (TPSA) is 44.8 Å². The molecule has 1 aliphatic heterocycles. The Morgan fingerprint density at radius 3 is 2.29 bits per heavy atom. The smallest absolute Gasteiger partial charge is 0.343 e. The molecule has 24 heavy (non-hydrogen) atoms. The van der Waals surface area contributed by atoms with Crippen LogP contribution in [-0.2, 0) is 0 Å². The van der Waals surface area contributed by atoms with E-state index in [1.165, 1.54) is 0 Å². The van der Waals surface area contributed by atoms with E-state index in [-0.39, 0.29) is 6.79 Å². The normalized spacial score (nSPS) is 12.0. The summed E-state index contributed by atoms with van der Waals surface area (Å²) < 4.78 is 15.9. The summed E-state index contributed by atoms with van der Waals surface area (Å²) in [6, 6.07) is 22.4. The Hall–Kier alpha value is -3.27. The summed E-state index contributed by atoms with van der Waals surface area (Å²) in [6.45, 7) is 0.188. The van der Waals surface area contributed by atoms with E-state index in [1.807, 2.05) is 42.5 Å². The quantitative estimate of drug-likeness (QED) is 0.533. The first kappa shape index (κ1) is 14.3. The Balaban J connectivity index is 1.50. The molecule has 0 spiro atoms. The van der Waals surface area contributed by atoms with Crippen molar-refractivity contribution >= 4 is 5.97 Å². The van der Waals surface area contributed by atoms with E-state index in [4.69, 9.17) is 14.2 Å². The minimum atomic E-state index is -0.409.